The van der Waals surface area contributed by atoms with Crippen LogP contribution in [-0.4, -0.2) is 37.2 Å². The highest BCUT2D eigenvalue weighted by atomic mass is 16.5. The number of carbonyl (C=O) groups is 1. The summed E-state index contributed by atoms with van der Waals surface area (Å²) in [6, 6.07) is 17.7. The molecule has 0 radical (unpaired) electrons. The fourth-order valence-electron chi connectivity index (χ4n) is 4.56. The molecule has 1 aromatic heterocycles. The van der Waals surface area contributed by atoms with Gasteiger partial charge in [-0.1, -0.05) is 41.6 Å². The van der Waals surface area contributed by atoms with E-state index in [4.69, 9.17) is 9.26 Å². The Morgan fingerprint density at radius 1 is 1.00 bits per heavy atom. The number of rotatable bonds is 3. The molecule has 4 aromatic rings. The molecule has 1 saturated heterocycles. The molecule has 2 heterocycles. The van der Waals surface area contributed by atoms with Crippen molar-refractivity contribution >= 4 is 33.7 Å². The lowest BCUT2D eigenvalue weighted by Gasteiger charge is -2.30. The van der Waals surface area contributed by atoms with Gasteiger partial charge in [-0.2, -0.15) is 0 Å². The number of ketones is 1. The molecule has 1 N–H and O–H groups in total. The molecule has 6 heteroatoms. The van der Waals surface area contributed by atoms with Gasteiger partial charge in [0.2, 0.25) is 0 Å². The quantitative estimate of drug-likeness (QED) is 0.454. The van der Waals surface area contributed by atoms with Crippen LogP contribution in [0.25, 0.3) is 22.2 Å². The predicted molar refractivity (Wildman–Crippen MR) is 120 cm³/mol. The Kier molecular flexibility index (Phi) is 4.07. The average molecular weight is 411 g/mol. The highest BCUT2D eigenvalue weighted by Gasteiger charge is 2.33. The predicted octanol–water partition coefficient (Wildman–Crippen LogP) is 4.93. The number of benzene rings is 3. The minimum absolute atomic E-state index is 0.0139. The molecule has 0 amide bonds. The molecule has 0 atom stereocenters. The number of fused-ring (bicyclic) bond motifs is 2. The standard InChI is InChI=1S/C25H21N3O3/c1-15-5-4-6-16(13-15)26-19-14-20(28-9-11-30-12-10-28)23-22-21(19)24(29)17-7-2-3-8-18(17)25(22)31-27-23/h2-8,13-14,26H,9-12H2,1H3. The summed E-state index contributed by atoms with van der Waals surface area (Å²) in [5, 5.41) is 8.70. The van der Waals surface area contributed by atoms with E-state index < -0.39 is 0 Å². The van der Waals surface area contributed by atoms with E-state index in [9.17, 15) is 4.79 Å². The van der Waals surface area contributed by atoms with Crippen LogP contribution in [0.3, 0.4) is 0 Å². The number of aromatic nitrogens is 1. The minimum Gasteiger partial charge on any atom is -0.378 e. The summed E-state index contributed by atoms with van der Waals surface area (Å²) in [5.41, 5.74) is 6.59. The smallest absolute Gasteiger partial charge is 0.196 e. The van der Waals surface area contributed by atoms with E-state index in [1.165, 1.54) is 0 Å². The molecule has 1 fully saturated rings. The Morgan fingerprint density at radius 2 is 1.81 bits per heavy atom. The average Bonchev–Trinajstić information content (AvgIpc) is 3.24. The maximum absolute atomic E-state index is 13.6. The van der Waals surface area contributed by atoms with Gasteiger partial charge in [-0.15, -0.1) is 0 Å². The van der Waals surface area contributed by atoms with Crippen molar-refractivity contribution in [3.8, 4) is 11.3 Å². The molecular weight excluding hydrogens is 390 g/mol. The minimum atomic E-state index is -0.0139. The SMILES string of the molecule is Cc1cccc(Nc2cc(N3CCOCC3)c3noc4c3c2C(=O)c2ccccc2-4)c1. The van der Waals surface area contributed by atoms with Crippen molar-refractivity contribution in [2.45, 2.75) is 6.92 Å². The lowest BCUT2D eigenvalue weighted by molar-refractivity contribution is 0.104. The Hall–Kier alpha value is -3.64. The second-order valence-electron chi connectivity index (χ2n) is 8.02. The van der Waals surface area contributed by atoms with Crippen molar-refractivity contribution < 1.29 is 14.1 Å². The highest BCUT2D eigenvalue weighted by molar-refractivity contribution is 6.28. The van der Waals surface area contributed by atoms with Gasteiger partial charge in [-0.3, -0.25) is 4.79 Å². The first-order valence-corrected chi connectivity index (χ1v) is 10.5. The fourth-order valence-corrected chi connectivity index (χ4v) is 4.56. The van der Waals surface area contributed by atoms with E-state index in [1.54, 1.807) is 0 Å². The largest absolute Gasteiger partial charge is 0.378 e. The Bertz CT molecular complexity index is 1340. The summed E-state index contributed by atoms with van der Waals surface area (Å²) in [7, 11) is 0. The number of anilines is 3. The molecule has 1 aliphatic heterocycles. The second kappa shape index (κ2) is 6.96. The summed E-state index contributed by atoms with van der Waals surface area (Å²) in [4.78, 5) is 15.9. The van der Waals surface area contributed by atoms with Crippen LogP contribution in [0.1, 0.15) is 21.5 Å². The molecule has 1 aliphatic carbocycles. The van der Waals surface area contributed by atoms with Crippen molar-refractivity contribution in [2.24, 2.45) is 0 Å². The van der Waals surface area contributed by atoms with E-state index in [2.05, 4.69) is 34.4 Å². The first-order valence-electron chi connectivity index (χ1n) is 10.5. The monoisotopic (exact) mass is 411 g/mol. The number of hydrogen-bond donors (Lipinski definition) is 1. The summed E-state index contributed by atoms with van der Waals surface area (Å²) < 4.78 is 11.4. The van der Waals surface area contributed by atoms with Crippen LogP contribution in [0.15, 0.2) is 59.1 Å². The van der Waals surface area contributed by atoms with Gasteiger partial charge in [0.1, 0.15) is 5.52 Å². The van der Waals surface area contributed by atoms with E-state index in [-0.39, 0.29) is 5.78 Å². The topological polar surface area (TPSA) is 67.6 Å². The van der Waals surface area contributed by atoms with E-state index >= 15 is 0 Å². The van der Waals surface area contributed by atoms with E-state index in [0.29, 0.717) is 30.1 Å². The number of aryl methyl sites for hydroxylation is 1. The summed E-state index contributed by atoms with van der Waals surface area (Å²) in [5.74, 6) is 0.641. The maximum atomic E-state index is 13.6. The zero-order chi connectivity index (χ0) is 20.9. The number of nitrogens with one attached hydrogen (secondary N) is 1. The van der Waals surface area contributed by atoms with Crippen molar-refractivity contribution in [1.29, 1.82) is 0 Å². The summed E-state index contributed by atoms with van der Waals surface area (Å²) in [6.07, 6.45) is 0. The van der Waals surface area contributed by atoms with Gasteiger partial charge >= 0.3 is 0 Å². The van der Waals surface area contributed by atoms with Crippen LogP contribution >= 0.6 is 0 Å². The van der Waals surface area contributed by atoms with Crippen molar-refractivity contribution in [2.75, 3.05) is 36.5 Å². The van der Waals surface area contributed by atoms with Gasteiger partial charge in [-0.25, -0.2) is 0 Å². The molecule has 3 aromatic carbocycles. The third-order valence-electron chi connectivity index (χ3n) is 6.03. The highest BCUT2D eigenvalue weighted by Crippen LogP contribution is 2.46. The van der Waals surface area contributed by atoms with Crippen LogP contribution in [0, 0.1) is 6.92 Å². The van der Waals surface area contributed by atoms with Crippen LogP contribution in [0.4, 0.5) is 17.1 Å². The third kappa shape index (κ3) is 2.83. The molecule has 0 bridgehead atoms. The van der Waals surface area contributed by atoms with Crippen LogP contribution < -0.4 is 10.2 Å². The second-order valence-corrected chi connectivity index (χ2v) is 8.02. The van der Waals surface area contributed by atoms with Crippen LogP contribution in [-0.2, 0) is 4.74 Å². The first kappa shape index (κ1) is 18.2. The molecule has 6 rings (SSSR count). The van der Waals surface area contributed by atoms with Gasteiger partial charge in [0.15, 0.2) is 11.5 Å². The van der Waals surface area contributed by atoms with E-state index in [1.807, 2.05) is 42.5 Å². The van der Waals surface area contributed by atoms with Crippen LogP contribution in [0.2, 0.25) is 0 Å². The number of carbonyl (C=O) groups excluding carboxylic acids is 1. The van der Waals surface area contributed by atoms with Crippen molar-refractivity contribution in [1.82, 2.24) is 5.16 Å². The molecule has 0 saturated carbocycles. The molecular formula is C25H21N3O3. The first-order chi connectivity index (χ1) is 15.2. The number of morpholine rings is 1. The molecule has 2 aliphatic rings. The van der Waals surface area contributed by atoms with Crippen molar-refractivity contribution in [3.63, 3.8) is 0 Å². The number of nitrogens with zero attached hydrogens (tertiary/aromatic N) is 2. The normalized spacial score (nSPS) is 15.3. The van der Waals surface area contributed by atoms with Gasteiger partial charge in [0.25, 0.3) is 0 Å². The molecule has 6 nitrogen and oxygen atoms in total. The number of ether oxygens (including phenoxy) is 1. The number of hydrogen-bond acceptors (Lipinski definition) is 6. The molecule has 0 spiro atoms. The fraction of sp³-hybridized carbons (Fsp3) is 0.200. The maximum Gasteiger partial charge on any atom is 0.196 e. The van der Waals surface area contributed by atoms with Crippen molar-refractivity contribution in [3.05, 3.63) is 71.3 Å². The van der Waals surface area contributed by atoms with Gasteiger partial charge in [-0.05, 0) is 30.7 Å². The Morgan fingerprint density at radius 3 is 2.61 bits per heavy atom. The lowest BCUT2D eigenvalue weighted by Crippen LogP contribution is -2.36. The summed E-state index contributed by atoms with van der Waals surface area (Å²) >= 11 is 0. The Labute approximate surface area is 179 Å². The third-order valence-corrected chi connectivity index (χ3v) is 6.03. The lowest BCUT2D eigenvalue weighted by atomic mass is 9.86. The van der Waals surface area contributed by atoms with Gasteiger partial charge < -0.3 is 19.5 Å². The molecule has 154 valence electrons. The molecule has 0 unspecified atom stereocenters. The van der Waals surface area contributed by atoms with E-state index in [0.717, 1.165) is 52.2 Å². The summed E-state index contributed by atoms with van der Waals surface area (Å²) in [6.45, 7) is 4.92. The Balaban J connectivity index is 1.62. The molecule has 31 heavy (non-hydrogen) atoms. The zero-order valence-electron chi connectivity index (χ0n) is 17.1. The van der Waals surface area contributed by atoms with Gasteiger partial charge in [0.05, 0.1) is 35.5 Å². The van der Waals surface area contributed by atoms with Gasteiger partial charge in [0, 0.05) is 29.9 Å². The van der Waals surface area contributed by atoms with Crippen LogP contribution in [0.5, 0.6) is 0 Å². The zero-order valence-corrected chi connectivity index (χ0v) is 17.1.